The monoisotopic (exact) mass is 315 g/mol. The first kappa shape index (κ1) is 22.0. The molecule has 0 unspecified atom stereocenters. The Kier molecular flexibility index (Phi) is 11.5. The first-order valence-corrected chi connectivity index (χ1v) is 7.41. The molecule has 0 atom stereocenters. The van der Waals surface area contributed by atoms with Crippen LogP contribution in [0.2, 0.25) is 0 Å². The molecule has 0 aliphatic rings. The second-order valence-electron chi connectivity index (χ2n) is 3.92. The van der Waals surface area contributed by atoms with Crippen molar-refractivity contribution in [2.75, 3.05) is 30.9 Å². The molecule has 0 aromatic heterocycles. The number of hydrogen-bond donors (Lipinski definition) is 1. The summed E-state index contributed by atoms with van der Waals surface area (Å²) in [6.07, 6.45) is 0.393. The van der Waals surface area contributed by atoms with E-state index in [1.165, 1.54) is 0 Å². The van der Waals surface area contributed by atoms with Crippen molar-refractivity contribution in [1.29, 1.82) is 0 Å². The van der Waals surface area contributed by atoms with Gasteiger partial charge in [-0.05, 0) is 25.5 Å². The molecule has 0 bridgehead atoms. The van der Waals surface area contributed by atoms with E-state index in [-0.39, 0.29) is 42.2 Å². The van der Waals surface area contributed by atoms with Crippen LogP contribution in [0, 0.1) is 0 Å². The van der Waals surface area contributed by atoms with Crippen LogP contribution in [0.1, 0.15) is 14.8 Å². The molecule has 0 radical (unpaired) electrons. The van der Waals surface area contributed by atoms with Crippen LogP contribution in [0.4, 0.5) is 5.69 Å². The first-order chi connectivity index (χ1) is 8.46. The van der Waals surface area contributed by atoms with Gasteiger partial charge in [0.25, 0.3) is 10.1 Å². The normalized spacial score (nSPS) is 10.2. The SMILES string of the molecule is CCN(CCCS(=O)(=O)O)c1cccc(OC)c1.O.[H-].[Na+]. The van der Waals surface area contributed by atoms with Crippen LogP contribution in [0.3, 0.4) is 0 Å². The Hall–Kier alpha value is -0.310. The molecule has 1 aromatic rings. The molecule has 1 rings (SSSR count). The van der Waals surface area contributed by atoms with Gasteiger partial charge in [0.2, 0.25) is 0 Å². The van der Waals surface area contributed by atoms with Crippen LogP contribution >= 0.6 is 0 Å². The van der Waals surface area contributed by atoms with Gasteiger partial charge < -0.3 is 16.5 Å². The van der Waals surface area contributed by atoms with Gasteiger partial charge in [0, 0.05) is 24.8 Å². The molecule has 20 heavy (non-hydrogen) atoms. The number of ether oxygens (including phenoxy) is 1. The van der Waals surface area contributed by atoms with E-state index in [0.29, 0.717) is 13.0 Å². The fourth-order valence-corrected chi connectivity index (χ4v) is 2.21. The zero-order chi connectivity index (χ0) is 13.6. The van der Waals surface area contributed by atoms with E-state index in [1.54, 1.807) is 7.11 Å². The van der Waals surface area contributed by atoms with E-state index in [4.69, 9.17) is 9.29 Å². The third kappa shape index (κ3) is 8.08. The number of hydrogen-bond acceptors (Lipinski definition) is 4. The van der Waals surface area contributed by atoms with Crippen LogP contribution < -0.4 is 39.2 Å². The number of rotatable bonds is 7. The second-order valence-corrected chi connectivity index (χ2v) is 5.49. The summed E-state index contributed by atoms with van der Waals surface area (Å²) < 4.78 is 35.1. The number of methoxy groups -OCH3 is 1. The van der Waals surface area contributed by atoms with Crippen LogP contribution in [0.25, 0.3) is 0 Å². The van der Waals surface area contributed by atoms with E-state index in [0.717, 1.165) is 18.0 Å². The number of benzene rings is 1. The zero-order valence-electron chi connectivity index (χ0n) is 13.2. The second kappa shape index (κ2) is 10.4. The maximum atomic E-state index is 10.7. The fourth-order valence-electron chi connectivity index (χ4n) is 1.71. The molecule has 0 spiro atoms. The number of nitrogens with zero attached hydrogens (tertiary/aromatic N) is 1. The van der Waals surface area contributed by atoms with E-state index in [2.05, 4.69) is 0 Å². The van der Waals surface area contributed by atoms with Crippen molar-refractivity contribution in [1.82, 2.24) is 0 Å². The smallest absolute Gasteiger partial charge is 1.00 e. The average molecular weight is 315 g/mol. The molecule has 6 nitrogen and oxygen atoms in total. The molecule has 0 amide bonds. The Morgan fingerprint density at radius 3 is 2.55 bits per heavy atom. The van der Waals surface area contributed by atoms with Gasteiger partial charge in [-0.25, -0.2) is 0 Å². The maximum Gasteiger partial charge on any atom is 1.00 e. The largest absolute Gasteiger partial charge is 1.00 e. The van der Waals surface area contributed by atoms with E-state index in [9.17, 15) is 8.42 Å². The van der Waals surface area contributed by atoms with Crippen molar-refractivity contribution in [3.63, 3.8) is 0 Å². The van der Waals surface area contributed by atoms with Crippen molar-refractivity contribution in [2.24, 2.45) is 0 Å². The molecule has 0 saturated heterocycles. The minimum absolute atomic E-state index is 0. The molecular weight excluding hydrogens is 293 g/mol. The maximum absolute atomic E-state index is 10.7. The summed E-state index contributed by atoms with van der Waals surface area (Å²) in [7, 11) is -2.27. The number of anilines is 1. The van der Waals surface area contributed by atoms with Gasteiger partial charge in [-0.15, -0.1) is 0 Å². The Balaban J connectivity index is -0.00000108. The van der Waals surface area contributed by atoms with E-state index >= 15 is 0 Å². The van der Waals surface area contributed by atoms with Gasteiger partial charge in [0.15, 0.2) is 0 Å². The minimum atomic E-state index is -3.87. The molecule has 1 aromatic carbocycles. The fraction of sp³-hybridized carbons (Fsp3) is 0.500. The summed E-state index contributed by atoms with van der Waals surface area (Å²) >= 11 is 0. The van der Waals surface area contributed by atoms with Gasteiger partial charge in [0.1, 0.15) is 5.75 Å². The van der Waals surface area contributed by atoms with Gasteiger partial charge >= 0.3 is 29.6 Å². The quantitative estimate of drug-likeness (QED) is 0.468. The third-order valence-electron chi connectivity index (χ3n) is 2.63. The van der Waals surface area contributed by atoms with E-state index in [1.807, 2.05) is 36.1 Å². The molecule has 112 valence electrons. The van der Waals surface area contributed by atoms with Crippen molar-refractivity contribution < 1.29 is 54.2 Å². The van der Waals surface area contributed by atoms with Crippen molar-refractivity contribution in [3.8, 4) is 5.75 Å². The Bertz CT molecular complexity index is 486. The van der Waals surface area contributed by atoms with Gasteiger partial charge in [-0.3, -0.25) is 4.55 Å². The molecule has 0 heterocycles. The van der Waals surface area contributed by atoms with Gasteiger partial charge in [0.05, 0.1) is 12.9 Å². The van der Waals surface area contributed by atoms with Crippen molar-refractivity contribution in [3.05, 3.63) is 24.3 Å². The minimum Gasteiger partial charge on any atom is -1.00 e. The molecule has 8 heteroatoms. The standard InChI is InChI=1S/C12H19NO4S.Na.H2O.H/c1-3-13(8-5-9-18(14,15)16)11-6-4-7-12(10-11)17-2;;;/h4,6-7,10H,3,5,8-9H2,1-2H3,(H,14,15,16);;1H2;/q;+1;;-1. The van der Waals surface area contributed by atoms with Crippen LogP contribution in [0.5, 0.6) is 5.75 Å². The molecule has 0 aliphatic heterocycles. The van der Waals surface area contributed by atoms with Crippen LogP contribution in [0.15, 0.2) is 24.3 Å². The van der Waals surface area contributed by atoms with Crippen molar-refractivity contribution in [2.45, 2.75) is 13.3 Å². The summed E-state index contributed by atoms with van der Waals surface area (Å²) in [5.41, 5.74) is 0.979. The first-order valence-electron chi connectivity index (χ1n) is 5.80. The molecular formula is C12H22NNaO5S. The van der Waals surface area contributed by atoms with Gasteiger partial charge in [-0.2, -0.15) is 8.42 Å². The van der Waals surface area contributed by atoms with Crippen LogP contribution in [-0.2, 0) is 10.1 Å². The Labute approximate surface area is 144 Å². The predicted octanol–water partition coefficient (Wildman–Crippen LogP) is -1.91. The molecule has 0 aliphatic carbocycles. The Morgan fingerprint density at radius 1 is 1.40 bits per heavy atom. The summed E-state index contributed by atoms with van der Waals surface area (Å²) in [4.78, 5) is 2.04. The topological polar surface area (TPSA) is 98.3 Å². The summed E-state index contributed by atoms with van der Waals surface area (Å²) in [6.45, 7) is 3.33. The molecule has 0 saturated carbocycles. The average Bonchev–Trinajstić information content (AvgIpc) is 2.33. The summed E-state index contributed by atoms with van der Waals surface area (Å²) in [5, 5.41) is 0. The van der Waals surface area contributed by atoms with Gasteiger partial charge in [-0.1, -0.05) is 6.07 Å². The van der Waals surface area contributed by atoms with Crippen molar-refractivity contribution >= 4 is 15.8 Å². The Morgan fingerprint density at radius 2 is 2.05 bits per heavy atom. The summed E-state index contributed by atoms with van der Waals surface area (Å²) in [5.74, 6) is 0.550. The predicted molar refractivity (Wildman–Crippen MR) is 76.6 cm³/mol. The van der Waals surface area contributed by atoms with E-state index < -0.39 is 10.1 Å². The van der Waals surface area contributed by atoms with Crippen LogP contribution in [-0.4, -0.2) is 44.4 Å². The summed E-state index contributed by atoms with van der Waals surface area (Å²) in [6, 6.07) is 7.59. The molecule has 3 N–H and O–H groups in total. The zero-order valence-corrected chi connectivity index (χ0v) is 15.0. The third-order valence-corrected chi connectivity index (χ3v) is 3.44. The molecule has 0 fully saturated rings.